The van der Waals surface area contributed by atoms with Gasteiger partial charge in [-0.15, -0.1) is 0 Å². The van der Waals surface area contributed by atoms with Crippen molar-refractivity contribution in [2.45, 2.75) is 19.4 Å². The zero-order valence-electron chi connectivity index (χ0n) is 23.1. The number of piperazine rings is 1. The summed E-state index contributed by atoms with van der Waals surface area (Å²) in [5.41, 5.74) is -0.252. The number of carbonyl (C=O) groups is 1. The normalized spacial score (nSPS) is 14.2. The van der Waals surface area contributed by atoms with Crippen LogP contribution in [0.25, 0.3) is 16.7 Å². The highest BCUT2D eigenvalue weighted by Gasteiger charge is 2.25. The number of rotatable bonds is 8. The fraction of sp³-hybridized carbons (Fsp3) is 0.276. The molecule has 2 aromatic heterocycles. The van der Waals surface area contributed by atoms with Crippen LogP contribution in [0.1, 0.15) is 13.8 Å². The van der Waals surface area contributed by atoms with Gasteiger partial charge in [-0.05, 0) is 38.1 Å². The molecule has 1 amide bonds. The zero-order chi connectivity index (χ0) is 30.0. The van der Waals surface area contributed by atoms with Crippen LogP contribution in [0.4, 0.5) is 31.8 Å². The van der Waals surface area contributed by atoms with Gasteiger partial charge in [0.25, 0.3) is 5.56 Å². The molecule has 13 heteroatoms. The smallest absolute Gasteiger partial charge is 0.283 e. The number of aliphatic hydroxyl groups is 1. The van der Waals surface area contributed by atoms with Crippen molar-refractivity contribution in [1.82, 2.24) is 24.4 Å². The van der Waals surface area contributed by atoms with Crippen molar-refractivity contribution in [2.24, 2.45) is 0 Å². The van der Waals surface area contributed by atoms with Crippen LogP contribution in [-0.2, 0) is 4.79 Å². The quantitative estimate of drug-likeness (QED) is 0.271. The molecule has 0 unspecified atom stereocenters. The molecule has 1 saturated heterocycles. The van der Waals surface area contributed by atoms with Gasteiger partial charge in [-0.3, -0.25) is 19.1 Å². The summed E-state index contributed by atoms with van der Waals surface area (Å²) >= 11 is 0. The van der Waals surface area contributed by atoms with Crippen molar-refractivity contribution in [1.29, 1.82) is 0 Å². The van der Waals surface area contributed by atoms with E-state index in [4.69, 9.17) is 0 Å². The lowest BCUT2D eigenvalue weighted by atomic mass is 10.1. The average Bonchev–Trinajstić information content (AvgIpc) is 2.95. The van der Waals surface area contributed by atoms with E-state index < -0.39 is 28.7 Å². The van der Waals surface area contributed by atoms with Gasteiger partial charge in [-0.25, -0.2) is 13.8 Å². The number of aromatic nitrogens is 4. The third kappa shape index (κ3) is 6.42. The number of β-amino-alcohol motifs (C(OH)–C–C–N with tert-alkyl or cyclic N) is 1. The Morgan fingerprint density at radius 1 is 1.12 bits per heavy atom. The first-order chi connectivity index (χ1) is 20.0. The Balaban J connectivity index is 1.40. The van der Waals surface area contributed by atoms with Gasteiger partial charge in [-0.2, -0.15) is 9.97 Å². The van der Waals surface area contributed by atoms with Gasteiger partial charge in [-0.1, -0.05) is 12.6 Å². The maximum Gasteiger partial charge on any atom is 0.283 e. The number of halogens is 2. The van der Waals surface area contributed by atoms with E-state index >= 15 is 8.78 Å². The van der Waals surface area contributed by atoms with Crippen LogP contribution >= 0.6 is 0 Å². The summed E-state index contributed by atoms with van der Waals surface area (Å²) in [6, 6.07) is 8.94. The molecule has 4 aromatic rings. The molecule has 0 radical (unpaired) electrons. The maximum atomic E-state index is 15.2. The zero-order valence-corrected chi connectivity index (χ0v) is 23.1. The number of amides is 1. The number of anilines is 4. The summed E-state index contributed by atoms with van der Waals surface area (Å²) in [5, 5.41) is 15.5. The van der Waals surface area contributed by atoms with Crippen molar-refractivity contribution in [2.75, 3.05) is 48.3 Å². The molecule has 1 aliphatic heterocycles. The minimum Gasteiger partial charge on any atom is -0.389 e. The third-order valence-electron chi connectivity index (χ3n) is 6.70. The minimum atomic E-state index is -0.837. The lowest BCUT2D eigenvalue weighted by molar-refractivity contribution is -0.111. The summed E-state index contributed by atoms with van der Waals surface area (Å²) < 4.78 is 31.9. The van der Waals surface area contributed by atoms with Gasteiger partial charge in [0.15, 0.2) is 5.65 Å². The van der Waals surface area contributed by atoms with Crippen molar-refractivity contribution in [3.8, 4) is 5.69 Å². The van der Waals surface area contributed by atoms with E-state index in [1.807, 2.05) is 0 Å². The molecular formula is C29H30F2N8O3. The van der Waals surface area contributed by atoms with Crippen LogP contribution in [0.15, 0.2) is 66.4 Å². The number of hydrogen-bond acceptors (Lipinski definition) is 9. The molecule has 42 heavy (non-hydrogen) atoms. The van der Waals surface area contributed by atoms with E-state index in [1.54, 1.807) is 43.0 Å². The molecule has 5 rings (SSSR count). The number of hydrogen-bond donors (Lipinski definition) is 3. The Bertz CT molecular complexity index is 1710. The Kier molecular flexibility index (Phi) is 7.96. The molecule has 3 heterocycles. The first kappa shape index (κ1) is 28.8. The van der Waals surface area contributed by atoms with E-state index in [1.165, 1.54) is 17.1 Å². The highest BCUT2D eigenvalue weighted by atomic mass is 19.1. The van der Waals surface area contributed by atoms with Gasteiger partial charge in [0.05, 0.1) is 22.7 Å². The number of nitrogens with one attached hydrogen (secondary N) is 2. The van der Waals surface area contributed by atoms with Crippen molar-refractivity contribution in [3.05, 3.63) is 83.6 Å². The average molecular weight is 577 g/mol. The fourth-order valence-electron chi connectivity index (χ4n) is 4.81. The lowest BCUT2D eigenvalue weighted by Crippen LogP contribution is -2.50. The molecular weight excluding hydrogens is 546 g/mol. The lowest BCUT2D eigenvalue weighted by Gasteiger charge is -2.38. The Morgan fingerprint density at radius 3 is 2.60 bits per heavy atom. The predicted octanol–water partition coefficient (Wildman–Crippen LogP) is 3.21. The first-order valence-corrected chi connectivity index (χ1v) is 13.2. The summed E-state index contributed by atoms with van der Waals surface area (Å²) in [7, 11) is 0. The first-order valence-electron chi connectivity index (χ1n) is 13.2. The van der Waals surface area contributed by atoms with Gasteiger partial charge in [0, 0.05) is 56.7 Å². The molecule has 0 bridgehead atoms. The van der Waals surface area contributed by atoms with E-state index in [0.717, 1.165) is 18.2 Å². The van der Waals surface area contributed by atoms with Crippen molar-refractivity contribution in [3.63, 3.8) is 0 Å². The van der Waals surface area contributed by atoms with Gasteiger partial charge >= 0.3 is 0 Å². The molecule has 0 spiro atoms. The second kappa shape index (κ2) is 11.6. The van der Waals surface area contributed by atoms with E-state index in [-0.39, 0.29) is 28.4 Å². The van der Waals surface area contributed by atoms with Crippen molar-refractivity contribution >= 4 is 40.0 Å². The standard InChI is InChI=1S/C29H30F2N8O3/c1-4-25(40)34-18-6-5-7-19(12-18)39-17-33-27(41)20-15-32-28(36-26(20)39)35-23-13-22(31)24(14-21(23)30)38-10-8-37(9-11-38)16-29(2,3)42/h4-7,12-15,17,42H,1,8-11,16H2,2-3H3,(H,34,40)(H,32,35,36). The van der Waals surface area contributed by atoms with Crippen LogP contribution in [0, 0.1) is 11.6 Å². The van der Waals surface area contributed by atoms with E-state index in [0.29, 0.717) is 44.1 Å². The van der Waals surface area contributed by atoms with Gasteiger partial charge in [0.1, 0.15) is 23.3 Å². The highest BCUT2D eigenvalue weighted by molar-refractivity contribution is 5.99. The number of nitrogens with zero attached hydrogens (tertiary/aromatic N) is 6. The van der Waals surface area contributed by atoms with Crippen LogP contribution in [-0.4, -0.2) is 73.8 Å². The molecule has 3 N–H and O–H groups in total. The molecule has 1 fully saturated rings. The summed E-state index contributed by atoms with van der Waals surface area (Å²) in [4.78, 5) is 40.4. The van der Waals surface area contributed by atoms with Crippen LogP contribution in [0.5, 0.6) is 0 Å². The molecule has 218 valence electrons. The molecule has 0 aliphatic carbocycles. The van der Waals surface area contributed by atoms with E-state index in [9.17, 15) is 14.7 Å². The van der Waals surface area contributed by atoms with Gasteiger partial charge < -0.3 is 20.6 Å². The van der Waals surface area contributed by atoms with Crippen molar-refractivity contribution < 1.29 is 18.7 Å². The Labute approximate surface area is 240 Å². The summed E-state index contributed by atoms with van der Waals surface area (Å²) in [6.45, 7) is 9.58. The van der Waals surface area contributed by atoms with Gasteiger partial charge in [0.2, 0.25) is 11.9 Å². The second-order valence-electron chi connectivity index (χ2n) is 10.6. The molecule has 11 nitrogen and oxygen atoms in total. The Morgan fingerprint density at radius 2 is 1.88 bits per heavy atom. The van der Waals surface area contributed by atoms with E-state index in [2.05, 4.69) is 37.1 Å². The largest absolute Gasteiger partial charge is 0.389 e. The predicted molar refractivity (Wildman–Crippen MR) is 156 cm³/mol. The summed E-state index contributed by atoms with van der Waals surface area (Å²) in [6.07, 6.45) is 3.68. The Hall–Kier alpha value is -4.75. The van der Waals surface area contributed by atoms with Crippen LogP contribution < -0.4 is 21.1 Å². The fourth-order valence-corrected chi connectivity index (χ4v) is 4.81. The maximum absolute atomic E-state index is 15.2. The molecule has 2 aromatic carbocycles. The number of benzene rings is 2. The highest BCUT2D eigenvalue weighted by Crippen LogP contribution is 2.29. The topological polar surface area (TPSA) is 129 Å². The molecule has 1 aliphatic rings. The van der Waals surface area contributed by atoms with Crippen LogP contribution in [0.3, 0.4) is 0 Å². The number of carbonyl (C=O) groups excluding carboxylic acids is 1. The third-order valence-corrected chi connectivity index (χ3v) is 6.70. The second-order valence-corrected chi connectivity index (χ2v) is 10.6. The van der Waals surface area contributed by atoms with Crippen LogP contribution in [0.2, 0.25) is 0 Å². The number of fused-ring (bicyclic) bond motifs is 1. The summed E-state index contributed by atoms with van der Waals surface area (Å²) in [5.74, 6) is -1.77. The SMILES string of the molecule is C=CC(=O)Nc1cccc(-n2cnc(=O)c3cnc(Nc4cc(F)c(N5CCN(CC(C)(C)O)CC5)cc4F)nc32)c1. The monoisotopic (exact) mass is 576 g/mol. The molecule has 0 saturated carbocycles. The molecule has 0 atom stereocenters. The minimum absolute atomic E-state index is 0.0655.